The molecule has 2 rings (SSSR count). The molecule has 0 aliphatic heterocycles. The Morgan fingerprint density at radius 2 is 2.36 bits per heavy atom. The first-order valence-corrected chi connectivity index (χ1v) is 3.39. The fourth-order valence-corrected chi connectivity index (χ4v) is 1.06. The zero-order chi connectivity index (χ0) is 7.68. The number of nitrogens with two attached hydrogens (primary N) is 1. The molecule has 4 heteroatoms. The van der Waals surface area contributed by atoms with E-state index in [1.165, 1.54) is 6.33 Å². The number of hydrogen-bond donors (Lipinski definition) is 1. The van der Waals surface area contributed by atoms with Crippen molar-refractivity contribution in [1.82, 2.24) is 14.6 Å². The molecule has 2 aromatic heterocycles. The summed E-state index contributed by atoms with van der Waals surface area (Å²) in [6.45, 7) is 0.487. The molecule has 0 bridgehead atoms. The van der Waals surface area contributed by atoms with E-state index in [0.29, 0.717) is 6.54 Å². The van der Waals surface area contributed by atoms with Crippen LogP contribution in [0.15, 0.2) is 24.5 Å². The topological polar surface area (TPSA) is 56.2 Å². The minimum atomic E-state index is 0.487. The van der Waals surface area contributed by atoms with Gasteiger partial charge in [0.1, 0.15) is 6.33 Å². The lowest BCUT2D eigenvalue weighted by Crippen LogP contribution is -2.04. The summed E-state index contributed by atoms with van der Waals surface area (Å²) in [5.41, 5.74) is 7.30. The lowest BCUT2D eigenvalue weighted by atomic mass is 10.3. The summed E-state index contributed by atoms with van der Waals surface area (Å²) in [5.74, 6) is 0. The molecular formula is C7H8N4. The maximum atomic E-state index is 5.49. The van der Waals surface area contributed by atoms with E-state index in [4.69, 9.17) is 5.73 Å². The largest absolute Gasteiger partial charge is 0.325 e. The van der Waals surface area contributed by atoms with Gasteiger partial charge in [0.05, 0.1) is 5.69 Å². The maximum absolute atomic E-state index is 5.49. The van der Waals surface area contributed by atoms with Gasteiger partial charge in [0.15, 0.2) is 5.65 Å². The van der Waals surface area contributed by atoms with Crippen LogP contribution in [0.2, 0.25) is 0 Å². The van der Waals surface area contributed by atoms with Gasteiger partial charge < -0.3 is 5.73 Å². The molecule has 0 radical (unpaired) electrons. The molecule has 4 nitrogen and oxygen atoms in total. The number of rotatable bonds is 1. The number of pyridine rings is 1. The van der Waals surface area contributed by atoms with Crippen LogP contribution in [0.4, 0.5) is 0 Å². The second-order valence-electron chi connectivity index (χ2n) is 2.25. The molecule has 0 atom stereocenters. The number of fused-ring (bicyclic) bond motifs is 1. The van der Waals surface area contributed by atoms with Crippen molar-refractivity contribution in [2.75, 3.05) is 0 Å². The molecule has 0 saturated heterocycles. The van der Waals surface area contributed by atoms with E-state index in [-0.39, 0.29) is 0 Å². The average Bonchev–Trinajstić information content (AvgIpc) is 2.50. The molecule has 2 heterocycles. The van der Waals surface area contributed by atoms with Crippen LogP contribution in [0.1, 0.15) is 5.69 Å². The lowest BCUT2D eigenvalue weighted by molar-refractivity contribution is 0.850. The molecule has 0 aromatic carbocycles. The third-order valence-corrected chi connectivity index (χ3v) is 1.59. The molecular weight excluding hydrogens is 140 g/mol. The van der Waals surface area contributed by atoms with Crippen LogP contribution < -0.4 is 5.73 Å². The van der Waals surface area contributed by atoms with Gasteiger partial charge in [-0.05, 0) is 12.1 Å². The molecule has 2 aromatic rings. The monoisotopic (exact) mass is 148 g/mol. The Balaban J connectivity index is 2.79. The van der Waals surface area contributed by atoms with Crippen LogP contribution in [0.3, 0.4) is 0 Å². The minimum Gasteiger partial charge on any atom is -0.325 e. The lowest BCUT2D eigenvalue weighted by Gasteiger charge is -1.97. The molecule has 11 heavy (non-hydrogen) atoms. The molecule has 0 saturated carbocycles. The molecule has 2 N–H and O–H groups in total. The molecule has 0 spiro atoms. The first-order valence-electron chi connectivity index (χ1n) is 3.39. The van der Waals surface area contributed by atoms with Crippen molar-refractivity contribution in [3.05, 3.63) is 30.2 Å². The second-order valence-corrected chi connectivity index (χ2v) is 2.25. The highest BCUT2D eigenvalue weighted by molar-refractivity contribution is 5.37. The quantitative estimate of drug-likeness (QED) is 0.628. The van der Waals surface area contributed by atoms with Gasteiger partial charge in [-0.2, -0.15) is 5.10 Å². The number of hydrogen-bond acceptors (Lipinski definition) is 3. The summed E-state index contributed by atoms with van der Waals surface area (Å²) in [7, 11) is 0. The van der Waals surface area contributed by atoms with Crippen molar-refractivity contribution in [3.63, 3.8) is 0 Å². The van der Waals surface area contributed by atoms with Crippen LogP contribution in [0.25, 0.3) is 5.65 Å². The van der Waals surface area contributed by atoms with Crippen LogP contribution in [0.5, 0.6) is 0 Å². The van der Waals surface area contributed by atoms with Crippen molar-refractivity contribution in [3.8, 4) is 0 Å². The van der Waals surface area contributed by atoms with E-state index >= 15 is 0 Å². The van der Waals surface area contributed by atoms with Crippen molar-refractivity contribution >= 4 is 5.65 Å². The minimum absolute atomic E-state index is 0.487. The SMILES string of the molecule is NCc1cccc2ncnn12. The van der Waals surface area contributed by atoms with E-state index in [0.717, 1.165) is 11.3 Å². The van der Waals surface area contributed by atoms with Crippen LogP contribution in [0, 0.1) is 0 Å². The number of nitrogens with zero attached hydrogens (tertiary/aromatic N) is 3. The van der Waals surface area contributed by atoms with Crippen molar-refractivity contribution < 1.29 is 0 Å². The Morgan fingerprint density at radius 3 is 3.18 bits per heavy atom. The third-order valence-electron chi connectivity index (χ3n) is 1.59. The van der Waals surface area contributed by atoms with Crippen LogP contribution in [-0.4, -0.2) is 14.6 Å². The Labute approximate surface area is 63.7 Å². The summed E-state index contributed by atoms with van der Waals surface area (Å²) in [5, 5.41) is 4.02. The van der Waals surface area contributed by atoms with Gasteiger partial charge in [-0.25, -0.2) is 9.50 Å². The summed E-state index contributed by atoms with van der Waals surface area (Å²) in [4.78, 5) is 4.02. The van der Waals surface area contributed by atoms with Crippen LogP contribution in [-0.2, 0) is 6.54 Å². The Hall–Kier alpha value is -1.42. The number of aromatic nitrogens is 3. The van der Waals surface area contributed by atoms with E-state index < -0.39 is 0 Å². The van der Waals surface area contributed by atoms with Crippen molar-refractivity contribution in [2.24, 2.45) is 5.73 Å². The normalized spacial score (nSPS) is 10.6. The van der Waals surface area contributed by atoms with Gasteiger partial charge >= 0.3 is 0 Å². The Morgan fingerprint density at radius 1 is 1.45 bits per heavy atom. The molecule has 56 valence electrons. The zero-order valence-electron chi connectivity index (χ0n) is 5.94. The van der Waals surface area contributed by atoms with Gasteiger partial charge in [0, 0.05) is 6.54 Å². The second kappa shape index (κ2) is 2.32. The summed E-state index contributed by atoms with van der Waals surface area (Å²) in [6, 6.07) is 5.75. The highest BCUT2D eigenvalue weighted by atomic mass is 15.3. The third kappa shape index (κ3) is 0.877. The van der Waals surface area contributed by atoms with Crippen LogP contribution >= 0.6 is 0 Å². The molecule has 0 unspecified atom stereocenters. The summed E-state index contributed by atoms with van der Waals surface area (Å²) in [6.07, 6.45) is 1.52. The molecule has 0 aliphatic rings. The van der Waals surface area contributed by atoms with Gasteiger partial charge in [0.25, 0.3) is 0 Å². The fourth-order valence-electron chi connectivity index (χ4n) is 1.06. The summed E-state index contributed by atoms with van der Waals surface area (Å²) >= 11 is 0. The Kier molecular flexibility index (Phi) is 1.33. The standard InChI is InChI=1S/C7H8N4/c8-4-6-2-1-3-7-9-5-10-11(6)7/h1-3,5H,4,8H2. The highest BCUT2D eigenvalue weighted by Gasteiger charge is 1.97. The fraction of sp³-hybridized carbons (Fsp3) is 0.143. The van der Waals surface area contributed by atoms with Gasteiger partial charge in [-0.3, -0.25) is 0 Å². The maximum Gasteiger partial charge on any atom is 0.155 e. The predicted octanol–water partition coefficient (Wildman–Crippen LogP) is 0.188. The van der Waals surface area contributed by atoms with Gasteiger partial charge in [-0.15, -0.1) is 0 Å². The van der Waals surface area contributed by atoms with Gasteiger partial charge in [0.2, 0.25) is 0 Å². The van der Waals surface area contributed by atoms with E-state index in [9.17, 15) is 0 Å². The highest BCUT2D eigenvalue weighted by Crippen LogP contribution is 2.01. The van der Waals surface area contributed by atoms with Crippen molar-refractivity contribution in [1.29, 1.82) is 0 Å². The van der Waals surface area contributed by atoms with E-state index in [1.54, 1.807) is 4.52 Å². The predicted molar refractivity (Wildman–Crippen MR) is 40.9 cm³/mol. The van der Waals surface area contributed by atoms with E-state index in [1.807, 2.05) is 18.2 Å². The van der Waals surface area contributed by atoms with Crippen molar-refractivity contribution in [2.45, 2.75) is 6.54 Å². The Bertz CT molecular complexity index is 365. The summed E-state index contributed by atoms with van der Waals surface area (Å²) < 4.78 is 1.74. The average molecular weight is 148 g/mol. The van der Waals surface area contributed by atoms with E-state index in [2.05, 4.69) is 10.1 Å². The smallest absolute Gasteiger partial charge is 0.155 e. The van der Waals surface area contributed by atoms with Gasteiger partial charge in [-0.1, -0.05) is 6.07 Å². The first-order chi connectivity index (χ1) is 5.42. The molecule has 0 aliphatic carbocycles. The zero-order valence-corrected chi connectivity index (χ0v) is 5.94. The molecule has 0 fully saturated rings. The first kappa shape index (κ1) is 6.30. The molecule has 0 amide bonds.